The molecule has 264 valence electrons. The molecule has 1 saturated heterocycles. The Balaban J connectivity index is 1.02. The highest BCUT2D eigenvalue weighted by Crippen LogP contribution is 2.33. The lowest BCUT2D eigenvalue weighted by atomic mass is 9.91. The van der Waals surface area contributed by atoms with Gasteiger partial charge >= 0.3 is 5.97 Å². The van der Waals surface area contributed by atoms with Crippen LogP contribution in [0.2, 0.25) is 0 Å². The van der Waals surface area contributed by atoms with Gasteiger partial charge in [0.05, 0.1) is 5.69 Å². The number of benzene rings is 1. The molecule has 0 saturated carbocycles. The third-order valence-electron chi connectivity index (χ3n) is 10.7. The number of hydrogen-bond acceptors (Lipinski definition) is 7. The lowest BCUT2D eigenvalue weighted by molar-refractivity contribution is -0.151. The predicted molar refractivity (Wildman–Crippen MR) is 192 cm³/mol. The summed E-state index contributed by atoms with van der Waals surface area (Å²) in [6.07, 6.45) is 21.0. The van der Waals surface area contributed by atoms with Crippen LogP contribution in [-0.2, 0) is 22.5 Å². The number of fused-ring (bicyclic) bond motifs is 2. The number of aromatic nitrogens is 3. The van der Waals surface area contributed by atoms with Crippen molar-refractivity contribution in [2.45, 2.75) is 161 Å². The maximum Gasteiger partial charge on any atom is 0.306 e. The fraction of sp³-hybridized carbons (Fsp3) is 0.700. The monoisotopic (exact) mass is 660 g/mol. The third kappa shape index (κ3) is 10.0. The van der Waals surface area contributed by atoms with Crippen molar-refractivity contribution in [1.29, 1.82) is 0 Å². The summed E-state index contributed by atoms with van der Waals surface area (Å²) in [5.74, 6) is 0.860. The molecule has 0 amide bonds. The van der Waals surface area contributed by atoms with Gasteiger partial charge in [-0.1, -0.05) is 95.2 Å². The Morgan fingerprint density at radius 2 is 1.56 bits per heavy atom. The molecule has 1 aromatic carbocycles. The van der Waals surface area contributed by atoms with Crippen molar-refractivity contribution in [2.75, 3.05) is 19.6 Å². The molecule has 5 rings (SSSR count). The van der Waals surface area contributed by atoms with Crippen molar-refractivity contribution >= 4 is 16.9 Å². The van der Waals surface area contributed by atoms with E-state index in [0.717, 1.165) is 86.1 Å². The minimum atomic E-state index is -0.427. The van der Waals surface area contributed by atoms with E-state index in [0.29, 0.717) is 31.1 Å². The quantitative estimate of drug-likeness (QED) is 0.0935. The van der Waals surface area contributed by atoms with E-state index in [-0.39, 0.29) is 11.5 Å². The number of hydrogen-bond donors (Lipinski definition) is 0. The van der Waals surface area contributed by atoms with Gasteiger partial charge in [0.15, 0.2) is 17.5 Å². The maximum absolute atomic E-state index is 13.6. The Labute approximate surface area is 288 Å². The van der Waals surface area contributed by atoms with Gasteiger partial charge < -0.3 is 14.2 Å². The molecule has 2 aliphatic rings. The first-order chi connectivity index (χ1) is 23.4. The van der Waals surface area contributed by atoms with Crippen LogP contribution in [0.4, 0.5) is 0 Å². The van der Waals surface area contributed by atoms with Crippen LogP contribution >= 0.6 is 0 Å². The van der Waals surface area contributed by atoms with E-state index in [4.69, 9.17) is 14.2 Å². The molecular formula is C40H60N4O4. The van der Waals surface area contributed by atoms with Gasteiger partial charge in [-0.05, 0) is 83.2 Å². The maximum atomic E-state index is 13.6. The van der Waals surface area contributed by atoms with Crippen molar-refractivity contribution in [1.82, 2.24) is 19.6 Å². The molecule has 3 aromatic rings. The van der Waals surface area contributed by atoms with Gasteiger partial charge in [-0.25, -0.2) is 4.98 Å². The first-order valence-electron chi connectivity index (χ1n) is 19.3. The van der Waals surface area contributed by atoms with Crippen LogP contribution in [0, 0.1) is 13.8 Å². The van der Waals surface area contributed by atoms with E-state index in [1.165, 1.54) is 76.2 Å². The summed E-state index contributed by atoms with van der Waals surface area (Å²) in [6.45, 7) is 9.69. The first kappa shape index (κ1) is 36.3. The molecule has 48 heavy (non-hydrogen) atoms. The van der Waals surface area contributed by atoms with Crippen LogP contribution in [0.25, 0.3) is 11.0 Å². The van der Waals surface area contributed by atoms with Gasteiger partial charge in [0.25, 0.3) is 5.56 Å². The smallest absolute Gasteiger partial charge is 0.306 e. The molecule has 1 fully saturated rings. The van der Waals surface area contributed by atoms with Crippen LogP contribution in [0.15, 0.2) is 27.5 Å². The molecule has 2 aliphatic heterocycles. The Hall–Kier alpha value is -3.00. The van der Waals surface area contributed by atoms with Gasteiger partial charge in [-0.3, -0.25) is 14.2 Å². The highest BCUT2D eigenvalue weighted by molar-refractivity contribution is 5.80. The van der Waals surface area contributed by atoms with Crippen LogP contribution < -0.4 is 5.56 Å². The molecule has 0 aliphatic carbocycles. The lowest BCUT2D eigenvalue weighted by Gasteiger charge is -2.31. The lowest BCUT2D eigenvalue weighted by Crippen LogP contribution is -2.38. The molecule has 0 radical (unpaired) electrons. The first-order valence-corrected chi connectivity index (χ1v) is 19.3. The van der Waals surface area contributed by atoms with E-state index in [9.17, 15) is 9.59 Å². The third-order valence-corrected chi connectivity index (χ3v) is 10.7. The van der Waals surface area contributed by atoms with E-state index in [1.807, 2.05) is 6.92 Å². The number of aryl methyl sites for hydroxylation is 2. The van der Waals surface area contributed by atoms with Crippen LogP contribution in [0.3, 0.4) is 0 Å². The van der Waals surface area contributed by atoms with Gasteiger partial charge in [-0.2, -0.15) is 0 Å². The predicted octanol–water partition coefficient (Wildman–Crippen LogP) is 9.28. The van der Waals surface area contributed by atoms with Gasteiger partial charge in [-0.15, -0.1) is 0 Å². The SMILES string of the molecule is CCCCCCCCCCCCCCCC(=O)OC1CCCn2c1nc(C)c(CCN1CCC(c3noc4cc(C)ccc34)CC1)c2=O. The van der Waals surface area contributed by atoms with Crippen molar-refractivity contribution in [3.05, 3.63) is 56.9 Å². The topological polar surface area (TPSA) is 90.5 Å². The minimum absolute atomic E-state index is 0.0361. The number of rotatable bonds is 19. The molecule has 0 N–H and O–H groups in total. The van der Waals surface area contributed by atoms with Gasteiger partial charge in [0.2, 0.25) is 0 Å². The second kappa shape index (κ2) is 18.7. The summed E-state index contributed by atoms with van der Waals surface area (Å²) in [7, 11) is 0. The summed E-state index contributed by atoms with van der Waals surface area (Å²) in [5.41, 5.74) is 4.73. The highest BCUT2D eigenvalue weighted by atomic mass is 16.5. The summed E-state index contributed by atoms with van der Waals surface area (Å²) in [5, 5.41) is 5.56. The van der Waals surface area contributed by atoms with Crippen LogP contribution in [0.5, 0.6) is 0 Å². The normalized spacial score (nSPS) is 17.2. The molecule has 4 heterocycles. The van der Waals surface area contributed by atoms with E-state index < -0.39 is 6.10 Å². The molecule has 1 atom stereocenters. The van der Waals surface area contributed by atoms with E-state index >= 15 is 0 Å². The van der Waals surface area contributed by atoms with Crippen molar-refractivity contribution in [3.8, 4) is 0 Å². The molecule has 2 aromatic heterocycles. The van der Waals surface area contributed by atoms with Crippen molar-refractivity contribution in [2.24, 2.45) is 0 Å². The Morgan fingerprint density at radius 1 is 0.896 bits per heavy atom. The standard InChI is InChI=1S/C40H60N4O4/c1-4-5-6-7-8-9-10-11-12-13-14-15-16-19-37(45)47-35-18-17-25-44-39(35)41-31(3)33(40(44)46)24-28-43-26-22-32(23-27-43)38-34-21-20-30(2)29-36(34)48-42-38/h20-21,29,32,35H,4-19,22-28H2,1-3H3. The molecule has 0 spiro atoms. The summed E-state index contributed by atoms with van der Waals surface area (Å²) >= 11 is 0. The average molecular weight is 661 g/mol. The van der Waals surface area contributed by atoms with Gasteiger partial charge in [0, 0.05) is 42.1 Å². The summed E-state index contributed by atoms with van der Waals surface area (Å²) in [6, 6.07) is 6.31. The van der Waals surface area contributed by atoms with E-state index in [2.05, 4.69) is 42.1 Å². The highest BCUT2D eigenvalue weighted by Gasteiger charge is 2.29. The fourth-order valence-corrected chi connectivity index (χ4v) is 7.71. The summed E-state index contributed by atoms with van der Waals surface area (Å²) < 4.78 is 13.3. The zero-order chi connectivity index (χ0) is 33.7. The van der Waals surface area contributed by atoms with Crippen LogP contribution in [0.1, 0.15) is 163 Å². The Kier molecular flexibility index (Phi) is 14.1. The Morgan fingerprint density at radius 3 is 2.25 bits per heavy atom. The number of nitrogens with zero attached hydrogens (tertiary/aromatic N) is 4. The van der Waals surface area contributed by atoms with E-state index in [1.54, 1.807) is 4.57 Å². The number of piperidine rings is 1. The Bertz CT molecular complexity index is 1500. The molecule has 8 heteroatoms. The minimum Gasteiger partial charge on any atom is -0.454 e. The van der Waals surface area contributed by atoms with Crippen molar-refractivity contribution < 1.29 is 14.1 Å². The number of carbonyl (C=O) groups excluding carboxylic acids is 1. The largest absolute Gasteiger partial charge is 0.454 e. The number of likely N-dealkylation sites (tertiary alicyclic amines) is 1. The molecule has 0 bridgehead atoms. The van der Waals surface area contributed by atoms with Gasteiger partial charge in [0.1, 0.15) is 0 Å². The number of ether oxygens (including phenoxy) is 1. The number of esters is 1. The molecule has 8 nitrogen and oxygen atoms in total. The zero-order valence-corrected chi connectivity index (χ0v) is 30.1. The van der Waals surface area contributed by atoms with Crippen LogP contribution in [-0.4, -0.2) is 45.2 Å². The van der Waals surface area contributed by atoms with Crippen molar-refractivity contribution in [3.63, 3.8) is 0 Å². The number of unbranched alkanes of at least 4 members (excludes halogenated alkanes) is 12. The number of carbonyl (C=O) groups is 1. The second-order valence-corrected chi connectivity index (χ2v) is 14.5. The molecular weight excluding hydrogens is 600 g/mol. The second-order valence-electron chi connectivity index (χ2n) is 14.5. The molecule has 1 unspecified atom stereocenters. The fourth-order valence-electron chi connectivity index (χ4n) is 7.71. The summed E-state index contributed by atoms with van der Waals surface area (Å²) in [4.78, 5) is 33.7. The zero-order valence-electron chi connectivity index (χ0n) is 30.1. The average Bonchev–Trinajstić information content (AvgIpc) is 3.50.